The highest BCUT2D eigenvalue weighted by atomic mass is 32.2. The summed E-state index contributed by atoms with van der Waals surface area (Å²) >= 11 is 1.47. The lowest BCUT2D eigenvalue weighted by atomic mass is 10.0. The Hall–Kier alpha value is -2.59. The van der Waals surface area contributed by atoms with Gasteiger partial charge in [0, 0.05) is 31.1 Å². The Morgan fingerprint density at radius 3 is 2.44 bits per heavy atom. The fourth-order valence-electron chi connectivity index (χ4n) is 3.79. The number of hydrogen-bond acceptors (Lipinski definition) is 7. The first-order valence-corrected chi connectivity index (χ1v) is 13.5. The van der Waals surface area contributed by atoms with Gasteiger partial charge in [-0.25, -0.2) is 18.2 Å². The molecule has 9 heteroatoms. The van der Waals surface area contributed by atoms with Crippen molar-refractivity contribution < 1.29 is 8.42 Å². The molecule has 32 heavy (non-hydrogen) atoms. The van der Waals surface area contributed by atoms with E-state index in [1.807, 2.05) is 31.2 Å². The van der Waals surface area contributed by atoms with Crippen molar-refractivity contribution in [2.24, 2.45) is 5.73 Å². The molecule has 0 bridgehead atoms. The first-order chi connectivity index (χ1) is 15.3. The van der Waals surface area contributed by atoms with E-state index in [1.54, 1.807) is 0 Å². The van der Waals surface area contributed by atoms with Crippen molar-refractivity contribution in [3.8, 4) is 6.07 Å². The van der Waals surface area contributed by atoms with E-state index in [2.05, 4.69) is 15.8 Å². The summed E-state index contributed by atoms with van der Waals surface area (Å²) in [5.74, 6) is 1.25. The molecular formula is C23H27N5O2S2. The van der Waals surface area contributed by atoms with Gasteiger partial charge in [0.1, 0.15) is 16.9 Å². The monoisotopic (exact) mass is 469 g/mol. The second kappa shape index (κ2) is 10.4. The molecule has 168 valence electrons. The molecule has 0 aliphatic carbocycles. The summed E-state index contributed by atoms with van der Waals surface area (Å²) in [5.41, 5.74) is 9.48. The normalized spacial score (nSPS) is 14.7. The maximum absolute atomic E-state index is 11.5. The van der Waals surface area contributed by atoms with E-state index < -0.39 is 9.84 Å². The van der Waals surface area contributed by atoms with E-state index in [0.717, 1.165) is 42.6 Å². The Kier molecular flexibility index (Phi) is 7.78. The van der Waals surface area contributed by atoms with Crippen LogP contribution in [0.1, 0.15) is 42.0 Å². The van der Waals surface area contributed by atoms with E-state index in [-0.39, 0.29) is 11.8 Å². The molecule has 2 N–H and O–H groups in total. The van der Waals surface area contributed by atoms with Crippen LogP contribution < -0.4 is 10.6 Å². The average molecular weight is 470 g/mol. The van der Waals surface area contributed by atoms with Crippen molar-refractivity contribution in [1.29, 1.82) is 5.26 Å². The Balaban J connectivity index is 1.89. The number of nitrogens with zero attached hydrogens (tertiary/aromatic N) is 4. The van der Waals surface area contributed by atoms with Gasteiger partial charge in [0.15, 0.2) is 9.84 Å². The van der Waals surface area contributed by atoms with Gasteiger partial charge in [-0.05, 0) is 36.0 Å². The molecule has 0 amide bonds. The summed E-state index contributed by atoms with van der Waals surface area (Å²) in [5, 5.41) is 10.5. The van der Waals surface area contributed by atoms with Crippen molar-refractivity contribution in [3.05, 3.63) is 57.9 Å². The van der Waals surface area contributed by atoms with E-state index >= 15 is 0 Å². The number of nitriles is 1. The highest BCUT2D eigenvalue weighted by Crippen LogP contribution is 2.39. The van der Waals surface area contributed by atoms with Crippen molar-refractivity contribution in [3.63, 3.8) is 0 Å². The zero-order chi connectivity index (χ0) is 23.3. The topological polar surface area (TPSA) is 104 Å². The fraction of sp³-hybridized carbons (Fsp3) is 0.435. The minimum absolute atomic E-state index is 0.0152. The van der Waals surface area contributed by atoms with Crippen LogP contribution in [0.15, 0.2) is 29.3 Å². The predicted octanol–water partition coefficient (Wildman–Crippen LogP) is 3.83. The van der Waals surface area contributed by atoms with Crippen LogP contribution in [0.25, 0.3) is 4.85 Å². The van der Waals surface area contributed by atoms with Crippen LogP contribution in [0, 0.1) is 17.9 Å². The smallest absolute Gasteiger partial charge is 0.232 e. The highest BCUT2D eigenvalue weighted by molar-refractivity contribution is 7.98. The molecule has 1 aliphatic rings. The van der Waals surface area contributed by atoms with Gasteiger partial charge >= 0.3 is 0 Å². The van der Waals surface area contributed by atoms with Crippen molar-refractivity contribution in [1.82, 2.24) is 4.98 Å². The van der Waals surface area contributed by atoms with Gasteiger partial charge in [-0.15, -0.1) is 11.8 Å². The van der Waals surface area contributed by atoms with Crippen LogP contribution >= 0.6 is 11.8 Å². The van der Waals surface area contributed by atoms with Gasteiger partial charge in [0.05, 0.1) is 17.9 Å². The molecule has 0 spiro atoms. The molecule has 1 aromatic carbocycles. The summed E-state index contributed by atoms with van der Waals surface area (Å²) in [6.45, 7) is 11.2. The number of benzene rings is 1. The summed E-state index contributed by atoms with van der Waals surface area (Å²) in [6.07, 6.45) is 3.50. The lowest BCUT2D eigenvalue weighted by molar-refractivity contribution is 0.498. The molecule has 1 aromatic heterocycles. The number of hydrogen-bond donors (Lipinski definition) is 1. The molecule has 1 saturated heterocycles. The average Bonchev–Trinajstić information content (AvgIpc) is 2.76. The zero-order valence-corrected chi connectivity index (χ0v) is 20.0. The van der Waals surface area contributed by atoms with Gasteiger partial charge in [-0.2, -0.15) is 5.26 Å². The minimum atomic E-state index is -3.08. The van der Waals surface area contributed by atoms with Crippen LogP contribution in [0.5, 0.6) is 0 Å². The molecule has 1 fully saturated rings. The van der Waals surface area contributed by atoms with Gasteiger partial charge < -0.3 is 10.6 Å². The number of rotatable bonds is 7. The van der Waals surface area contributed by atoms with Crippen molar-refractivity contribution >= 4 is 33.1 Å². The van der Waals surface area contributed by atoms with Gasteiger partial charge in [0.25, 0.3) is 0 Å². The third-order valence-corrected chi connectivity index (χ3v) is 7.37. The number of aromatic nitrogens is 1. The number of anilines is 1. The Morgan fingerprint density at radius 1 is 1.28 bits per heavy atom. The molecule has 0 unspecified atom stereocenters. The van der Waals surface area contributed by atoms with E-state index in [1.165, 1.54) is 18.0 Å². The number of piperidine rings is 1. The third-order valence-electron chi connectivity index (χ3n) is 5.46. The lowest BCUT2D eigenvalue weighted by Gasteiger charge is -2.32. The Morgan fingerprint density at radius 2 is 1.91 bits per heavy atom. The highest BCUT2D eigenvalue weighted by Gasteiger charge is 2.25. The van der Waals surface area contributed by atoms with E-state index in [9.17, 15) is 13.7 Å². The number of thioether (sulfide) groups is 1. The van der Waals surface area contributed by atoms with Crippen LogP contribution in [0.2, 0.25) is 0 Å². The van der Waals surface area contributed by atoms with E-state index in [0.29, 0.717) is 34.3 Å². The van der Waals surface area contributed by atoms with Crippen LogP contribution in [0.3, 0.4) is 0 Å². The second-order valence-corrected chi connectivity index (χ2v) is 11.1. The quantitative estimate of drug-likeness (QED) is 0.485. The molecule has 2 heterocycles. The molecule has 1 aliphatic heterocycles. The summed E-state index contributed by atoms with van der Waals surface area (Å²) < 4.78 is 23.0. The van der Waals surface area contributed by atoms with Crippen molar-refractivity contribution in [2.75, 3.05) is 24.2 Å². The van der Waals surface area contributed by atoms with Crippen LogP contribution in [0.4, 0.5) is 11.5 Å². The molecule has 0 atom stereocenters. The molecule has 0 saturated carbocycles. The summed E-state index contributed by atoms with van der Waals surface area (Å²) in [6, 6.07) is 9.88. The van der Waals surface area contributed by atoms with E-state index in [4.69, 9.17) is 17.3 Å². The van der Waals surface area contributed by atoms with Gasteiger partial charge in [-0.3, -0.25) is 0 Å². The first-order valence-electron chi connectivity index (χ1n) is 10.5. The van der Waals surface area contributed by atoms with Gasteiger partial charge in [-0.1, -0.05) is 31.2 Å². The fourth-order valence-corrected chi connectivity index (χ4v) is 5.54. The Labute approximate surface area is 194 Å². The lowest BCUT2D eigenvalue weighted by Crippen LogP contribution is -2.40. The standard InChI is InChI=1S/C23H27N5O2S2/c1-4-19-20(13-24)23(27-22(21(19)26-2)28-11-9-18(25)10-12-28)31-14-16-5-7-17(8-6-16)15-32(3,29)30/h5-8,18H,4,9-12,14-15,25H2,1,3H3. The van der Waals surface area contributed by atoms with Gasteiger partial charge in [0.2, 0.25) is 5.69 Å². The predicted molar refractivity (Wildman–Crippen MR) is 129 cm³/mol. The maximum atomic E-state index is 11.5. The maximum Gasteiger partial charge on any atom is 0.232 e. The molecule has 3 rings (SSSR count). The minimum Gasteiger partial charge on any atom is -0.365 e. The molecule has 0 radical (unpaired) electrons. The first kappa shape index (κ1) is 24.1. The van der Waals surface area contributed by atoms with Crippen LogP contribution in [-0.4, -0.2) is 38.8 Å². The zero-order valence-electron chi connectivity index (χ0n) is 18.3. The Bertz CT molecular complexity index is 1160. The van der Waals surface area contributed by atoms with Crippen LogP contribution in [-0.2, 0) is 27.8 Å². The second-order valence-electron chi connectivity index (χ2n) is 8.02. The molecule has 2 aromatic rings. The number of sulfone groups is 1. The summed E-state index contributed by atoms with van der Waals surface area (Å²) in [4.78, 5) is 10.6. The molecule has 7 nitrogen and oxygen atoms in total. The SMILES string of the molecule is [C-]#[N+]c1c(N2CCC(N)CC2)nc(SCc2ccc(CS(C)(=O)=O)cc2)c(C#N)c1CC. The summed E-state index contributed by atoms with van der Waals surface area (Å²) in [7, 11) is -3.08. The van der Waals surface area contributed by atoms with Crippen molar-refractivity contribution in [2.45, 2.75) is 48.8 Å². The number of nitrogens with two attached hydrogens (primary N) is 1. The molecular weight excluding hydrogens is 442 g/mol. The third kappa shape index (κ3) is 5.80. The number of pyridine rings is 1. The largest absolute Gasteiger partial charge is 0.365 e.